The molecule has 6 heteroatoms. The molecular weight excluding hydrogens is 282 g/mol. The quantitative estimate of drug-likeness (QED) is 0.484. The highest BCUT2D eigenvalue weighted by Crippen LogP contribution is 2.40. The van der Waals surface area contributed by atoms with Crippen LogP contribution in [0.4, 0.5) is 10.1 Å². The number of benzene rings is 1. The van der Waals surface area contributed by atoms with E-state index in [1.54, 1.807) is 4.31 Å². The second-order valence-corrected chi connectivity index (χ2v) is 6.38. The Morgan fingerprint density at radius 2 is 1.94 bits per heavy atom. The Balaban J connectivity index is 2.78. The van der Waals surface area contributed by atoms with Crippen molar-refractivity contribution in [3.63, 3.8) is 0 Å². The molecule has 0 saturated heterocycles. The zero-order valence-electron chi connectivity index (χ0n) is 9.71. The van der Waals surface area contributed by atoms with Gasteiger partial charge in [-0.15, -0.1) is 0 Å². The number of alkyl halides is 3. The minimum atomic E-state index is -2.33. The molecule has 0 aromatic heterocycles. The molecule has 1 aromatic rings. The van der Waals surface area contributed by atoms with Crippen molar-refractivity contribution >= 4 is 40.8 Å². The third-order valence-electron chi connectivity index (χ3n) is 2.04. The third kappa shape index (κ3) is 5.82. The average molecular weight is 297 g/mol. The minimum absolute atomic E-state index is 0.468. The van der Waals surface area contributed by atoms with Crippen LogP contribution in [0, 0.1) is 6.92 Å². The maximum atomic E-state index is 13.3. The van der Waals surface area contributed by atoms with E-state index in [2.05, 4.69) is 5.32 Å². The number of nitrogens with zero attached hydrogens (tertiary/aromatic N) is 1. The van der Waals surface area contributed by atoms with Gasteiger partial charge in [-0.1, -0.05) is 47.8 Å². The molecule has 1 aromatic carbocycles. The summed E-state index contributed by atoms with van der Waals surface area (Å²) in [5, 5.41) is 3.11. The van der Waals surface area contributed by atoms with E-state index in [1.807, 2.05) is 38.1 Å². The monoisotopic (exact) mass is 296 g/mol. The third-order valence-corrected chi connectivity index (χ3v) is 3.22. The molecule has 1 N–H and O–H groups in total. The van der Waals surface area contributed by atoms with Crippen LogP contribution in [0.5, 0.6) is 0 Å². The zero-order chi connectivity index (χ0) is 12.9. The van der Waals surface area contributed by atoms with E-state index in [1.165, 1.54) is 0 Å². The molecule has 0 aliphatic rings. The number of rotatable bonds is 6. The van der Waals surface area contributed by atoms with Gasteiger partial charge in [0.15, 0.2) is 0 Å². The fourth-order valence-electron chi connectivity index (χ4n) is 1.23. The maximum Gasteiger partial charge on any atom is 0.323 e. The molecule has 2 nitrogen and oxygen atoms in total. The molecule has 0 heterocycles. The Bertz CT molecular complexity index is 340. The van der Waals surface area contributed by atoms with E-state index in [-0.39, 0.29) is 0 Å². The van der Waals surface area contributed by atoms with Gasteiger partial charge in [-0.05, 0) is 25.6 Å². The smallest absolute Gasteiger partial charge is 0.299 e. The summed E-state index contributed by atoms with van der Waals surface area (Å²) in [5.41, 5.74) is 2.00. The molecule has 0 amide bonds. The van der Waals surface area contributed by atoms with Crippen LogP contribution >= 0.6 is 35.1 Å². The van der Waals surface area contributed by atoms with Crippen LogP contribution in [0.1, 0.15) is 12.5 Å². The molecular formula is C11H15Cl2FN2S. The fourth-order valence-corrected chi connectivity index (χ4v) is 2.36. The predicted octanol–water partition coefficient (Wildman–Crippen LogP) is 4.08. The predicted molar refractivity (Wildman–Crippen MR) is 75.3 cm³/mol. The van der Waals surface area contributed by atoms with E-state index < -0.39 is 3.92 Å². The normalized spacial score (nSPS) is 11.6. The standard InChI is InChI=1S/C11H15Cl2FN2S/c1-3-15-8-16(17-11(12,13)14)10-6-4-9(2)5-7-10/h4-7,15H,3,8H2,1-2H3. The van der Waals surface area contributed by atoms with Crippen molar-refractivity contribution in [3.05, 3.63) is 29.8 Å². The highest BCUT2D eigenvalue weighted by atomic mass is 35.5. The molecule has 0 aliphatic heterocycles. The summed E-state index contributed by atoms with van der Waals surface area (Å²) in [4.78, 5) is 0. The molecule has 0 fully saturated rings. The highest BCUT2D eigenvalue weighted by Gasteiger charge is 2.27. The van der Waals surface area contributed by atoms with Crippen LogP contribution in [-0.2, 0) is 0 Å². The Morgan fingerprint density at radius 3 is 2.41 bits per heavy atom. The van der Waals surface area contributed by atoms with Crippen LogP contribution in [0.2, 0.25) is 0 Å². The molecule has 0 radical (unpaired) electrons. The Hall–Kier alpha value is -0.160. The van der Waals surface area contributed by atoms with Gasteiger partial charge in [0.05, 0.1) is 6.67 Å². The molecule has 0 bridgehead atoms. The van der Waals surface area contributed by atoms with Crippen LogP contribution in [0.25, 0.3) is 0 Å². The van der Waals surface area contributed by atoms with Crippen molar-refractivity contribution in [2.75, 3.05) is 17.5 Å². The first-order valence-electron chi connectivity index (χ1n) is 5.23. The van der Waals surface area contributed by atoms with Gasteiger partial charge < -0.3 is 0 Å². The number of nitrogens with one attached hydrogen (secondary N) is 1. The Morgan fingerprint density at radius 1 is 1.35 bits per heavy atom. The van der Waals surface area contributed by atoms with Crippen molar-refractivity contribution in [3.8, 4) is 0 Å². The molecule has 0 saturated carbocycles. The van der Waals surface area contributed by atoms with E-state index in [9.17, 15) is 4.39 Å². The lowest BCUT2D eigenvalue weighted by atomic mass is 10.2. The fraction of sp³-hybridized carbons (Fsp3) is 0.455. The van der Waals surface area contributed by atoms with Gasteiger partial charge >= 0.3 is 3.92 Å². The lowest BCUT2D eigenvalue weighted by molar-refractivity contribution is 0.514. The number of anilines is 1. The average Bonchev–Trinajstić information content (AvgIpc) is 2.24. The zero-order valence-corrected chi connectivity index (χ0v) is 12.0. The summed E-state index contributed by atoms with van der Waals surface area (Å²) < 4.78 is 12.6. The first-order valence-corrected chi connectivity index (χ1v) is 6.76. The summed E-state index contributed by atoms with van der Waals surface area (Å²) in [5.74, 6) is 0. The molecule has 0 atom stereocenters. The first-order chi connectivity index (χ1) is 7.92. The van der Waals surface area contributed by atoms with Crippen LogP contribution in [-0.4, -0.2) is 17.1 Å². The molecule has 0 unspecified atom stereocenters. The van der Waals surface area contributed by atoms with Gasteiger partial charge in [-0.25, -0.2) is 0 Å². The summed E-state index contributed by atoms with van der Waals surface area (Å²) in [6.07, 6.45) is 0. The van der Waals surface area contributed by atoms with E-state index >= 15 is 0 Å². The maximum absolute atomic E-state index is 13.3. The van der Waals surface area contributed by atoms with E-state index in [0.29, 0.717) is 6.67 Å². The molecule has 96 valence electrons. The number of hydrogen-bond donors (Lipinski definition) is 1. The second-order valence-electron chi connectivity index (χ2n) is 3.51. The van der Waals surface area contributed by atoms with E-state index in [0.717, 1.165) is 29.7 Å². The molecule has 1 rings (SSSR count). The summed E-state index contributed by atoms with van der Waals surface area (Å²) in [6.45, 7) is 5.22. The van der Waals surface area contributed by atoms with E-state index in [4.69, 9.17) is 23.2 Å². The number of aryl methyl sites for hydroxylation is 1. The van der Waals surface area contributed by atoms with Crippen molar-refractivity contribution in [1.82, 2.24) is 5.32 Å². The Kier molecular flexibility index (Phi) is 5.86. The van der Waals surface area contributed by atoms with Gasteiger partial charge in [0, 0.05) is 17.6 Å². The van der Waals surface area contributed by atoms with Gasteiger partial charge in [0.2, 0.25) is 0 Å². The number of halogens is 3. The van der Waals surface area contributed by atoms with Crippen molar-refractivity contribution in [1.29, 1.82) is 0 Å². The van der Waals surface area contributed by atoms with Crippen molar-refractivity contribution in [2.45, 2.75) is 17.8 Å². The molecule has 0 aliphatic carbocycles. The first kappa shape index (κ1) is 14.9. The van der Waals surface area contributed by atoms with Gasteiger partial charge in [0.1, 0.15) is 0 Å². The molecule has 0 spiro atoms. The topological polar surface area (TPSA) is 15.3 Å². The lowest BCUT2D eigenvalue weighted by Gasteiger charge is -2.25. The van der Waals surface area contributed by atoms with Gasteiger partial charge in [0.25, 0.3) is 0 Å². The summed E-state index contributed by atoms with van der Waals surface area (Å²) in [6, 6.07) is 7.72. The molecule has 17 heavy (non-hydrogen) atoms. The van der Waals surface area contributed by atoms with Crippen LogP contribution < -0.4 is 9.62 Å². The summed E-state index contributed by atoms with van der Waals surface area (Å²) in [7, 11) is 0. The minimum Gasteiger partial charge on any atom is -0.299 e. The SMILES string of the molecule is CCNCN(SC(F)(Cl)Cl)c1ccc(C)cc1. The largest absolute Gasteiger partial charge is 0.323 e. The van der Waals surface area contributed by atoms with Crippen LogP contribution in [0.15, 0.2) is 24.3 Å². The highest BCUT2D eigenvalue weighted by molar-refractivity contribution is 8.04. The van der Waals surface area contributed by atoms with Gasteiger partial charge in [-0.3, -0.25) is 9.62 Å². The Labute approximate surface area is 116 Å². The lowest BCUT2D eigenvalue weighted by Crippen LogP contribution is -2.31. The van der Waals surface area contributed by atoms with Crippen molar-refractivity contribution < 1.29 is 4.39 Å². The van der Waals surface area contributed by atoms with Crippen molar-refractivity contribution in [2.24, 2.45) is 0 Å². The summed E-state index contributed by atoms with van der Waals surface area (Å²) >= 11 is 11.5. The second kappa shape index (κ2) is 6.69. The number of hydrogen-bond acceptors (Lipinski definition) is 3. The van der Waals surface area contributed by atoms with Crippen LogP contribution in [0.3, 0.4) is 0 Å². The van der Waals surface area contributed by atoms with Gasteiger partial charge in [-0.2, -0.15) is 4.39 Å².